The van der Waals surface area contributed by atoms with Crippen molar-refractivity contribution in [2.24, 2.45) is 7.05 Å². The van der Waals surface area contributed by atoms with Crippen molar-refractivity contribution in [2.75, 3.05) is 0 Å². The topological polar surface area (TPSA) is 42.2 Å². The summed E-state index contributed by atoms with van der Waals surface area (Å²) in [5.74, 6) is -0.0837. The first-order valence-corrected chi connectivity index (χ1v) is 11.6. The molecule has 170 valence electrons. The Kier molecular flexibility index (Phi) is 4.91. The van der Waals surface area contributed by atoms with Crippen molar-refractivity contribution in [2.45, 2.75) is 33.1 Å². The van der Waals surface area contributed by atoms with E-state index in [1.807, 2.05) is 50.4 Å². The van der Waals surface area contributed by atoms with Crippen LogP contribution < -0.4 is 0 Å². The molecule has 1 aromatic heterocycles. The van der Waals surface area contributed by atoms with E-state index in [-0.39, 0.29) is 11.5 Å². The van der Waals surface area contributed by atoms with Crippen molar-refractivity contribution in [3.05, 3.63) is 113 Å². The fourth-order valence-corrected chi connectivity index (χ4v) is 5.35. The van der Waals surface area contributed by atoms with Crippen molar-refractivity contribution >= 4 is 33.0 Å². The standard InChI is InChI=1S/C31H29NO2/c1-18-15-16-21-11-7-8-12-22(21)28(18)31(4,5)19(2)17-24-29(33)27(30(24)34)26-20(3)32(6)25-14-10-9-13-23(25)26/h7-17,33H,2H2,1,3-6H3/b24-17-. The lowest BCUT2D eigenvalue weighted by atomic mass is 9.72. The molecule has 0 saturated carbocycles. The number of aryl methyl sites for hydroxylation is 2. The predicted molar refractivity (Wildman–Crippen MR) is 141 cm³/mol. The molecule has 1 aliphatic carbocycles. The largest absolute Gasteiger partial charge is 0.506 e. The van der Waals surface area contributed by atoms with Gasteiger partial charge in [0.25, 0.3) is 0 Å². The molecule has 0 amide bonds. The molecule has 0 atom stereocenters. The Labute approximate surface area is 200 Å². The number of hydrogen-bond donors (Lipinski definition) is 1. The Balaban J connectivity index is 1.59. The van der Waals surface area contributed by atoms with Crippen LogP contribution in [0.3, 0.4) is 0 Å². The van der Waals surface area contributed by atoms with Crippen LogP contribution in [0, 0.1) is 13.8 Å². The molecule has 1 N–H and O–H groups in total. The van der Waals surface area contributed by atoms with Gasteiger partial charge in [-0.1, -0.05) is 75.0 Å². The Morgan fingerprint density at radius 3 is 2.32 bits per heavy atom. The van der Waals surface area contributed by atoms with Gasteiger partial charge in [0.15, 0.2) is 0 Å². The van der Waals surface area contributed by atoms with E-state index in [0.717, 1.165) is 27.7 Å². The summed E-state index contributed by atoms with van der Waals surface area (Å²) in [6, 6.07) is 20.6. The second kappa shape index (κ2) is 7.59. The van der Waals surface area contributed by atoms with E-state index in [1.165, 1.54) is 21.9 Å². The lowest BCUT2D eigenvalue weighted by Crippen LogP contribution is -2.25. The predicted octanol–water partition coefficient (Wildman–Crippen LogP) is 7.26. The molecule has 0 fully saturated rings. The highest BCUT2D eigenvalue weighted by Gasteiger charge is 2.38. The molecule has 1 heterocycles. The lowest BCUT2D eigenvalue weighted by molar-refractivity contribution is -0.111. The molecule has 0 radical (unpaired) electrons. The Hall–Kier alpha value is -3.85. The number of aromatic nitrogens is 1. The maximum Gasteiger partial charge on any atom is 0.201 e. The number of aliphatic hydroxyl groups excluding tert-OH is 1. The quantitative estimate of drug-likeness (QED) is 0.335. The Morgan fingerprint density at radius 2 is 1.62 bits per heavy atom. The fraction of sp³-hybridized carbons (Fsp3) is 0.194. The van der Waals surface area contributed by atoms with Crippen molar-refractivity contribution in [1.82, 2.24) is 4.57 Å². The summed E-state index contributed by atoms with van der Waals surface area (Å²) in [5, 5.41) is 14.4. The molecule has 0 spiro atoms. The summed E-state index contributed by atoms with van der Waals surface area (Å²) >= 11 is 0. The minimum atomic E-state index is -0.427. The number of carbonyl (C=O) groups excluding carboxylic acids is 1. The zero-order valence-corrected chi connectivity index (χ0v) is 20.4. The average molecular weight is 448 g/mol. The smallest absolute Gasteiger partial charge is 0.201 e. The SMILES string of the molecule is C=C(/C=C1\C(=O)C(c2c(C)n(C)c3ccccc23)=C1O)C(C)(C)c1c(C)ccc2ccccc12. The highest BCUT2D eigenvalue weighted by Crippen LogP contribution is 2.44. The van der Waals surface area contributed by atoms with Gasteiger partial charge in [-0.2, -0.15) is 0 Å². The van der Waals surface area contributed by atoms with Crippen molar-refractivity contribution < 1.29 is 9.90 Å². The number of hydrogen-bond acceptors (Lipinski definition) is 2. The summed E-state index contributed by atoms with van der Waals surface area (Å²) < 4.78 is 2.06. The molecule has 0 bridgehead atoms. The van der Waals surface area contributed by atoms with E-state index >= 15 is 0 Å². The van der Waals surface area contributed by atoms with Crippen LogP contribution in [0.15, 0.2) is 90.2 Å². The number of carbonyl (C=O) groups is 1. The van der Waals surface area contributed by atoms with E-state index in [0.29, 0.717) is 11.1 Å². The summed E-state index contributed by atoms with van der Waals surface area (Å²) in [6.45, 7) is 12.7. The third-order valence-electron chi connectivity index (χ3n) is 7.50. The fourth-order valence-electron chi connectivity index (χ4n) is 5.35. The monoisotopic (exact) mass is 447 g/mol. The first kappa shape index (κ1) is 22.0. The van der Waals surface area contributed by atoms with Gasteiger partial charge in [-0.25, -0.2) is 0 Å². The molecule has 34 heavy (non-hydrogen) atoms. The Morgan fingerprint density at radius 1 is 0.971 bits per heavy atom. The maximum atomic E-state index is 13.3. The van der Waals surface area contributed by atoms with Crippen LogP contribution in [0.5, 0.6) is 0 Å². The number of fused-ring (bicyclic) bond motifs is 2. The van der Waals surface area contributed by atoms with Crippen LogP contribution in [-0.4, -0.2) is 15.5 Å². The maximum absolute atomic E-state index is 13.3. The van der Waals surface area contributed by atoms with Gasteiger partial charge >= 0.3 is 0 Å². The van der Waals surface area contributed by atoms with E-state index in [9.17, 15) is 9.90 Å². The first-order valence-electron chi connectivity index (χ1n) is 11.6. The van der Waals surface area contributed by atoms with Gasteiger partial charge in [0.05, 0.1) is 11.1 Å². The molecule has 0 aliphatic heterocycles. The van der Waals surface area contributed by atoms with E-state index in [4.69, 9.17) is 0 Å². The minimum Gasteiger partial charge on any atom is -0.506 e. The molecule has 3 heteroatoms. The molecule has 1 aliphatic rings. The van der Waals surface area contributed by atoms with Crippen LogP contribution in [0.1, 0.15) is 36.2 Å². The summed E-state index contributed by atoms with van der Waals surface area (Å²) in [7, 11) is 1.98. The number of nitrogens with zero attached hydrogens (tertiary/aromatic N) is 1. The van der Waals surface area contributed by atoms with Gasteiger partial charge in [0.2, 0.25) is 5.78 Å². The molecule has 3 aromatic carbocycles. The summed E-state index contributed by atoms with van der Waals surface area (Å²) in [6.07, 6.45) is 1.77. The normalized spacial score (nSPS) is 15.4. The third-order valence-corrected chi connectivity index (χ3v) is 7.50. The van der Waals surface area contributed by atoms with Crippen molar-refractivity contribution in [3.63, 3.8) is 0 Å². The zero-order valence-electron chi connectivity index (χ0n) is 20.4. The molecule has 3 nitrogen and oxygen atoms in total. The number of benzene rings is 3. The van der Waals surface area contributed by atoms with E-state index in [2.05, 4.69) is 56.2 Å². The van der Waals surface area contributed by atoms with E-state index in [1.54, 1.807) is 6.08 Å². The second-order valence-electron chi connectivity index (χ2n) is 9.78. The minimum absolute atomic E-state index is 0.0519. The number of aliphatic hydroxyl groups is 1. The number of allylic oxidation sites excluding steroid dienone is 4. The van der Waals surface area contributed by atoms with Gasteiger partial charge in [0, 0.05) is 34.6 Å². The summed E-state index contributed by atoms with van der Waals surface area (Å²) in [5.41, 5.74) is 6.26. The third kappa shape index (κ3) is 3.00. The number of ketones is 1. The number of rotatable bonds is 4. The van der Waals surface area contributed by atoms with Crippen LogP contribution >= 0.6 is 0 Å². The van der Waals surface area contributed by atoms with E-state index < -0.39 is 5.41 Å². The number of Topliss-reactive ketones (excluding diaryl/α,β-unsaturated/α-hetero) is 1. The molecule has 4 aromatic rings. The molecule has 0 unspecified atom stereocenters. The first-order chi connectivity index (χ1) is 16.1. The van der Waals surface area contributed by atoms with Gasteiger partial charge in [0.1, 0.15) is 5.76 Å². The highest BCUT2D eigenvalue weighted by atomic mass is 16.3. The van der Waals surface area contributed by atoms with Gasteiger partial charge in [-0.15, -0.1) is 0 Å². The second-order valence-corrected chi connectivity index (χ2v) is 9.78. The average Bonchev–Trinajstić information content (AvgIpc) is 3.07. The molecule has 0 saturated heterocycles. The lowest BCUT2D eigenvalue weighted by Gasteiger charge is -2.31. The number of para-hydroxylation sites is 1. The van der Waals surface area contributed by atoms with Crippen molar-refractivity contribution in [1.29, 1.82) is 0 Å². The van der Waals surface area contributed by atoms with Crippen LogP contribution in [0.4, 0.5) is 0 Å². The molecular formula is C31H29NO2. The Bertz CT molecular complexity index is 1590. The molecular weight excluding hydrogens is 418 g/mol. The van der Waals surface area contributed by atoms with Crippen LogP contribution in [-0.2, 0) is 17.3 Å². The molecule has 5 rings (SSSR count). The highest BCUT2D eigenvalue weighted by molar-refractivity contribution is 6.40. The van der Waals surface area contributed by atoms with Crippen LogP contribution in [0.2, 0.25) is 0 Å². The van der Waals surface area contributed by atoms with Gasteiger partial charge in [-0.3, -0.25) is 4.79 Å². The van der Waals surface area contributed by atoms with Gasteiger partial charge < -0.3 is 9.67 Å². The van der Waals surface area contributed by atoms with Crippen LogP contribution in [0.25, 0.3) is 27.2 Å². The van der Waals surface area contributed by atoms with Gasteiger partial charge in [-0.05, 0) is 53.5 Å². The zero-order chi connectivity index (χ0) is 24.4. The summed E-state index contributed by atoms with van der Waals surface area (Å²) in [4.78, 5) is 13.3. The van der Waals surface area contributed by atoms with Crippen molar-refractivity contribution in [3.8, 4) is 0 Å².